The number of aromatic nitrogens is 4. The maximum atomic E-state index is 6.34. The zero-order valence-electron chi connectivity index (χ0n) is 22.9. The van der Waals surface area contributed by atoms with Gasteiger partial charge in [-0.2, -0.15) is 9.97 Å². The first kappa shape index (κ1) is 25.7. The smallest absolute Gasteiger partial charge is 0.229 e. The molecule has 2 aromatic heterocycles. The molecule has 3 aromatic rings. The van der Waals surface area contributed by atoms with Crippen LogP contribution in [0.1, 0.15) is 71.3 Å². The number of anilines is 2. The fourth-order valence-corrected chi connectivity index (χ4v) is 5.20. The number of piperidine rings is 1. The molecule has 0 amide bonds. The molecule has 2 aliphatic heterocycles. The van der Waals surface area contributed by atoms with Crippen molar-refractivity contribution in [2.45, 2.75) is 84.0 Å². The summed E-state index contributed by atoms with van der Waals surface area (Å²) in [5.41, 5.74) is 8.85. The van der Waals surface area contributed by atoms with E-state index in [2.05, 4.69) is 72.9 Å². The summed E-state index contributed by atoms with van der Waals surface area (Å²) in [5, 5.41) is 6.99. The molecule has 1 aromatic carbocycles. The third kappa shape index (κ3) is 5.52. The van der Waals surface area contributed by atoms with Crippen LogP contribution in [0.2, 0.25) is 0 Å². The van der Waals surface area contributed by atoms with Gasteiger partial charge in [0, 0.05) is 49.2 Å². The van der Waals surface area contributed by atoms with Gasteiger partial charge in [-0.1, -0.05) is 39.0 Å². The number of hydrogen-bond acceptors (Lipinski definition) is 8. The number of fused-ring (bicyclic) bond motifs is 1. The van der Waals surface area contributed by atoms with Crippen LogP contribution in [-0.4, -0.2) is 57.8 Å². The van der Waals surface area contributed by atoms with Crippen molar-refractivity contribution < 1.29 is 4.74 Å². The van der Waals surface area contributed by atoms with Gasteiger partial charge in [0.25, 0.3) is 0 Å². The van der Waals surface area contributed by atoms with E-state index in [-0.39, 0.29) is 23.6 Å². The quantitative estimate of drug-likeness (QED) is 0.442. The molecule has 200 valence electrons. The van der Waals surface area contributed by atoms with Crippen molar-refractivity contribution in [2.75, 3.05) is 36.4 Å². The number of rotatable bonds is 7. The van der Waals surface area contributed by atoms with Gasteiger partial charge in [-0.3, -0.25) is 0 Å². The van der Waals surface area contributed by atoms with E-state index < -0.39 is 0 Å². The number of imidazole rings is 1. The molecule has 2 aliphatic rings. The van der Waals surface area contributed by atoms with Gasteiger partial charge in [0.1, 0.15) is 17.7 Å². The second-order valence-corrected chi connectivity index (χ2v) is 11.7. The zero-order chi connectivity index (χ0) is 26.2. The lowest BCUT2D eigenvalue weighted by Crippen LogP contribution is -2.40. The second-order valence-electron chi connectivity index (χ2n) is 11.7. The molecule has 2 fully saturated rings. The lowest BCUT2D eigenvalue weighted by molar-refractivity contribution is 0.221. The molecule has 0 saturated carbocycles. The average Bonchev–Trinajstić information content (AvgIpc) is 3.51. The van der Waals surface area contributed by atoms with Crippen molar-refractivity contribution in [3.63, 3.8) is 0 Å². The summed E-state index contributed by atoms with van der Waals surface area (Å²) in [6.45, 7) is 15.2. The molecular weight excluding hydrogens is 464 g/mol. The molecule has 9 nitrogen and oxygen atoms in total. The van der Waals surface area contributed by atoms with Crippen LogP contribution in [0.25, 0.3) is 11.2 Å². The molecule has 9 heteroatoms. The summed E-state index contributed by atoms with van der Waals surface area (Å²) in [6, 6.07) is 8.72. The number of nitrogens with zero attached hydrogens (tertiary/aromatic N) is 5. The summed E-state index contributed by atoms with van der Waals surface area (Å²) in [7, 11) is 0. The topological polar surface area (TPSA) is 106 Å². The number of nitrogens with two attached hydrogens (primary N) is 1. The second kappa shape index (κ2) is 10.5. The van der Waals surface area contributed by atoms with Crippen LogP contribution in [0.15, 0.2) is 24.3 Å². The normalized spacial score (nSPS) is 19.2. The highest BCUT2D eigenvalue weighted by molar-refractivity contribution is 5.85. The Bertz CT molecular complexity index is 1220. The van der Waals surface area contributed by atoms with Crippen molar-refractivity contribution in [3.05, 3.63) is 35.7 Å². The van der Waals surface area contributed by atoms with E-state index in [1.807, 2.05) is 6.07 Å². The molecule has 37 heavy (non-hydrogen) atoms. The van der Waals surface area contributed by atoms with Crippen molar-refractivity contribution in [1.82, 2.24) is 24.8 Å². The van der Waals surface area contributed by atoms with Crippen LogP contribution in [0, 0.1) is 0 Å². The van der Waals surface area contributed by atoms with Crippen molar-refractivity contribution in [3.8, 4) is 5.75 Å². The minimum absolute atomic E-state index is 0.129. The van der Waals surface area contributed by atoms with Gasteiger partial charge in [-0.15, -0.1) is 0 Å². The highest BCUT2D eigenvalue weighted by atomic mass is 16.5. The van der Waals surface area contributed by atoms with Crippen molar-refractivity contribution in [1.29, 1.82) is 0 Å². The first-order valence-corrected chi connectivity index (χ1v) is 13.7. The number of nitrogens with one attached hydrogen (secondary N) is 2. The van der Waals surface area contributed by atoms with E-state index in [1.54, 1.807) is 0 Å². The van der Waals surface area contributed by atoms with Crippen LogP contribution in [0.5, 0.6) is 5.75 Å². The van der Waals surface area contributed by atoms with Gasteiger partial charge in [-0.25, -0.2) is 4.98 Å². The molecule has 1 atom stereocenters. The molecule has 0 bridgehead atoms. The van der Waals surface area contributed by atoms with Gasteiger partial charge in [0.05, 0.1) is 0 Å². The Labute approximate surface area is 220 Å². The van der Waals surface area contributed by atoms with E-state index >= 15 is 0 Å². The van der Waals surface area contributed by atoms with E-state index in [0.717, 1.165) is 85.5 Å². The van der Waals surface area contributed by atoms with Crippen molar-refractivity contribution >= 4 is 22.9 Å². The van der Waals surface area contributed by atoms with E-state index in [4.69, 9.17) is 25.4 Å². The van der Waals surface area contributed by atoms with Gasteiger partial charge in [0.2, 0.25) is 5.95 Å². The Morgan fingerprint density at radius 1 is 1.11 bits per heavy atom. The summed E-state index contributed by atoms with van der Waals surface area (Å²) < 4.78 is 8.60. The first-order chi connectivity index (χ1) is 17.7. The minimum atomic E-state index is -0.129. The number of hydrogen-bond donors (Lipinski definition) is 3. The standard InChI is InChI=1S/C28H42N8O/c1-18(2)36-25-23(32-26(36)28(3,4)5)24(33-27(34-25)35-14-11-20(29)12-15-35)31-16-19-8-6-7-9-22(19)37-21-10-13-30-17-21/h6-9,18,20-21,30H,10-17,29H2,1-5H3,(H,31,33,34). The number of ether oxygens (including phenoxy) is 1. The first-order valence-electron chi connectivity index (χ1n) is 13.7. The van der Waals surface area contributed by atoms with Crippen LogP contribution in [0.4, 0.5) is 11.8 Å². The van der Waals surface area contributed by atoms with Gasteiger partial charge < -0.3 is 30.6 Å². The average molecular weight is 507 g/mol. The lowest BCUT2D eigenvalue weighted by atomic mass is 9.95. The lowest BCUT2D eigenvalue weighted by Gasteiger charge is -2.30. The molecule has 4 heterocycles. The monoisotopic (exact) mass is 506 g/mol. The Hall–Kier alpha value is -2.91. The zero-order valence-corrected chi connectivity index (χ0v) is 22.9. The van der Waals surface area contributed by atoms with E-state index in [0.29, 0.717) is 6.54 Å². The molecule has 0 spiro atoms. The summed E-state index contributed by atoms with van der Waals surface area (Å²) in [4.78, 5) is 17.5. The molecule has 4 N–H and O–H groups in total. The number of benzene rings is 1. The largest absolute Gasteiger partial charge is 0.489 e. The molecule has 2 saturated heterocycles. The molecular formula is C28H42N8O. The molecule has 0 aliphatic carbocycles. The highest BCUT2D eigenvalue weighted by Gasteiger charge is 2.29. The molecule has 0 radical (unpaired) electrons. The van der Waals surface area contributed by atoms with Gasteiger partial charge in [0.15, 0.2) is 17.0 Å². The fourth-order valence-electron chi connectivity index (χ4n) is 5.20. The fraction of sp³-hybridized carbons (Fsp3) is 0.607. The summed E-state index contributed by atoms with van der Waals surface area (Å²) in [5.74, 6) is 3.44. The maximum absolute atomic E-state index is 6.34. The Balaban J connectivity index is 1.53. The Kier molecular flexibility index (Phi) is 7.27. The Morgan fingerprint density at radius 2 is 1.86 bits per heavy atom. The van der Waals surface area contributed by atoms with Crippen LogP contribution < -0.4 is 26.0 Å². The third-order valence-electron chi connectivity index (χ3n) is 7.27. The van der Waals surface area contributed by atoms with E-state index in [1.165, 1.54) is 0 Å². The molecule has 1 unspecified atom stereocenters. The molecule has 5 rings (SSSR count). The maximum Gasteiger partial charge on any atom is 0.229 e. The summed E-state index contributed by atoms with van der Waals surface area (Å²) >= 11 is 0. The van der Waals surface area contributed by atoms with Gasteiger partial charge >= 0.3 is 0 Å². The van der Waals surface area contributed by atoms with E-state index in [9.17, 15) is 0 Å². The van der Waals surface area contributed by atoms with Crippen molar-refractivity contribution in [2.24, 2.45) is 5.73 Å². The minimum Gasteiger partial charge on any atom is -0.489 e. The van der Waals surface area contributed by atoms with Crippen LogP contribution in [-0.2, 0) is 12.0 Å². The SMILES string of the molecule is CC(C)n1c(C(C)(C)C)nc2c(NCc3ccccc3OC3CCNC3)nc(N3CCC(N)CC3)nc21. The van der Waals surface area contributed by atoms with Crippen LogP contribution in [0.3, 0.4) is 0 Å². The van der Waals surface area contributed by atoms with Gasteiger partial charge in [-0.05, 0) is 45.7 Å². The predicted octanol–water partition coefficient (Wildman–Crippen LogP) is 3.99. The Morgan fingerprint density at radius 3 is 2.54 bits per heavy atom. The number of para-hydroxylation sites is 1. The predicted molar refractivity (Wildman–Crippen MR) is 150 cm³/mol. The third-order valence-corrected chi connectivity index (χ3v) is 7.27. The highest BCUT2D eigenvalue weighted by Crippen LogP contribution is 2.33. The van der Waals surface area contributed by atoms with Crippen LogP contribution >= 0.6 is 0 Å². The summed E-state index contributed by atoms with van der Waals surface area (Å²) in [6.07, 6.45) is 3.13.